The van der Waals surface area contributed by atoms with Crippen molar-refractivity contribution in [2.45, 2.75) is 32.7 Å². The zero-order valence-electron chi connectivity index (χ0n) is 17.1. The molecule has 1 aromatic heterocycles. The monoisotopic (exact) mass is 386 g/mol. The fraction of sp³-hybridized carbons (Fsp3) is 0.333. The van der Waals surface area contributed by atoms with Gasteiger partial charge in [-0.2, -0.15) is 5.10 Å². The highest BCUT2D eigenvalue weighted by Crippen LogP contribution is 2.30. The Morgan fingerprint density at radius 2 is 1.79 bits per heavy atom. The third-order valence-electron chi connectivity index (χ3n) is 6.17. The van der Waals surface area contributed by atoms with E-state index in [-0.39, 0.29) is 5.91 Å². The maximum atomic E-state index is 13.6. The van der Waals surface area contributed by atoms with Crippen molar-refractivity contribution in [3.8, 4) is 5.69 Å². The Bertz CT molecular complexity index is 1070. The van der Waals surface area contributed by atoms with Gasteiger partial charge in [0.2, 0.25) is 0 Å². The minimum absolute atomic E-state index is 0.0547. The molecule has 0 bridgehead atoms. The van der Waals surface area contributed by atoms with Crippen molar-refractivity contribution < 1.29 is 4.79 Å². The van der Waals surface area contributed by atoms with Gasteiger partial charge in [-0.1, -0.05) is 35.9 Å². The van der Waals surface area contributed by atoms with Crippen LogP contribution in [0, 0.1) is 6.92 Å². The molecule has 0 radical (unpaired) electrons. The number of likely N-dealkylation sites (N-methyl/N-ethyl adjacent to an activating group) is 1. The van der Waals surface area contributed by atoms with E-state index in [1.165, 1.54) is 22.5 Å². The third-order valence-corrected chi connectivity index (χ3v) is 6.17. The van der Waals surface area contributed by atoms with Crippen molar-refractivity contribution >= 4 is 11.6 Å². The van der Waals surface area contributed by atoms with Gasteiger partial charge < -0.3 is 9.80 Å². The second kappa shape index (κ2) is 7.07. The number of nitrogens with zero attached hydrogens (tertiary/aromatic N) is 4. The van der Waals surface area contributed by atoms with Crippen LogP contribution in [0.5, 0.6) is 0 Å². The second-order valence-corrected chi connectivity index (χ2v) is 8.15. The molecule has 2 aliphatic rings. The van der Waals surface area contributed by atoms with E-state index in [4.69, 9.17) is 5.10 Å². The second-order valence-electron chi connectivity index (χ2n) is 8.15. The molecule has 5 rings (SSSR count). The number of hydrogen-bond acceptors (Lipinski definition) is 3. The maximum Gasteiger partial charge on any atom is 0.275 e. The van der Waals surface area contributed by atoms with Crippen LogP contribution in [0.15, 0.2) is 48.5 Å². The van der Waals surface area contributed by atoms with Crippen molar-refractivity contribution in [3.05, 3.63) is 76.6 Å². The molecule has 29 heavy (non-hydrogen) atoms. The van der Waals surface area contributed by atoms with E-state index in [1.54, 1.807) is 0 Å². The standard InChI is InChI=1S/C24H26N4O/c1-17-10-12-19(13-11-17)28-22-9-5-7-20(22)23(25-28)24(29)27-15-14-26(2)21-8-4-3-6-18(21)16-27/h3-4,6,8,10-13H,5,7,9,14-16H2,1-2H3. The number of carbonyl (C=O) groups is 1. The first-order valence-electron chi connectivity index (χ1n) is 10.4. The van der Waals surface area contributed by atoms with Crippen molar-refractivity contribution in [2.24, 2.45) is 0 Å². The Labute approximate surface area is 171 Å². The summed E-state index contributed by atoms with van der Waals surface area (Å²) in [7, 11) is 2.09. The summed E-state index contributed by atoms with van der Waals surface area (Å²) < 4.78 is 1.99. The van der Waals surface area contributed by atoms with E-state index in [2.05, 4.69) is 61.3 Å². The summed E-state index contributed by atoms with van der Waals surface area (Å²) in [5.74, 6) is 0.0547. The topological polar surface area (TPSA) is 41.4 Å². The number of aromatic nitrogens is 2. The number of anilines is 1. The van der Waals surface area contributed by atoms with Crippen LogP contribution in [0.4, 0.5) is 5.69 Å². The first-order valence-corrected chi connectivity index (χ1v) is 10.4. The molecule has 1 amide bonds. The zero-order valence-corrected chi connectivity index (χ0v) is 17.1. The molecule has 5 heteroatoms. The van der Waals surface area contributed by atoms with Crippen LogP contribution in [0.25, 0.3) is 5.69 Å². The first kappa shape index (κ1) is 18.0. The summed E-state index contributed by atoms with van der Waals surface area (Å²) >= 11 is 0. The summed E-state index contributed by atoms with van der Waals surface area (Å²) in [6, 6.07) is 16.7. The van der Waals surface area contributed by atoms with Crippen LogP contribution < -0.4 is 4.90 Å². The molecular formula is C24H26N4O. The van der Waals surface area contributed by atoms with Crippen molar-refractivity contribution in [1.29, 1.82) is 0 Å². The Balaban J connectivity index is 1.51. The molecule has 1 aliphatic carbocycles. The van der Waals surface area contributed by atoms with Gasteiger partial charge in [0, 0.05) is 43.6 Å². The minimum atomic E-state index is 0.0547. The van der Waals surface area contributed by atoms with Crippen molar-refractivity contribution in [3.63, 3.8) is 0 Å². The van der Waals surface area contributed by atoms with Gasteiger partial charge in [0.1, 0.15) is 0 Å². The zero-order chi connectivity index (χ0) is 20.0. The highest BCUT2D eigenvalue weighted by Gasteiger charge is 2.31. The van der Waals surface area contributed by atoms with Crippen LogP contribution >= 0.6 is 0 Å². The molecule has 0 saturated carbocycles. The number of carbonyl (C=O) groups excluding carboxylic acids is 1. The molecule has 3 aromatic rings. The van der Waals surface area contributed by atoms with Crippen molar-refractivity contribution in [1.82, 2.24) is 14.7 Å². The summed E-state index contributed by atoms with van der Waals surface area (Å²) in [4.78, 5) is 17.8. The third kappa shape index (κ3) is 3.11. The molecule has 0 N–H and O–H groups in total. The number of rotatable bonds is 2. The smallest absolute Gasteiger partial charge is 0.275 e. The van der Waals surface area contributed by atoms with E-state index >= 15 is 0 Å². The molecule has 0 fully saturated rings. The largest absolute Gasteiger partial charge is 0.373 e. The van der Waals surface area contributed by atoms with E-state index < -0.39 is 0 Å². The average Bonchev–Trinajstić information content (AvgIpc) is 3.30. The quantitative estimate of drug-likeness (QED) is 0.673. The van der Waals surface area contributed by atoms with Crippen molar-refractivity contribution in [2.75, 3.05) is 25.0 Å². The normalized spacial score (nSPS) is 15.8. The SMILES string of the molecule is Cc1ccc(-n2nc(C(=O)N3CCN(C)c4ccccc4C3)c3c2CCC3)cc1. The van der Waals surface area contributed by atoms with Gasteiger partial charge in [0.15, 0.2) is 5.69 Å². The Hall–Kier alpha value is -3.08. The van der Waals surface area contributed by atoms with Gasteiger partial charge in [0.25, 0.3) is 5.91 Å². The highest BCUT2D eigenvalue weighted by atomic mass is 16.2. The van der Waals surface area contributed by atoms with E-state index in [1.807, 2.05) is 15.6 Å². The average molecular weight is 386 g/mol. The fourth-order valence-corrected chi connectivity index (χ4v) is 4.52. The van der Waals surface area contributed by atoms with Crippen LogP contribution in [-0.4, -0.2) is 40.7 Å². The van der Waals surface area contributed by atoms with Crippen LogP contribution in [0.3, 0.4) is 0 Å². The Morgan fingerprint density at radius 3 is 2.62 bits per heavy atom. The molecule has 2 aromatic carbocycles. The van der Waals surface area contributed by atoms with E-state index in [9.17, 15) is 4.79 Å². The molecule has 148 valence electrons. The maximum absolute atomic E-state index is 13.6. The number of benzene rings is 2. The highest BCUT2D eigenvalue weighted by molar-refractivity contribution is 5.94. The number of aryl methyl sites for hydroxylation is 1. The van der Waals surface area contributed by atoms with Crippen LogP contribution in [-0.2, 0) is 19.4 Å². The van der Waals surface area contributed by atoms with E-state index in [0.717, 1.165) is 37.1 Å². The molecular weight excluding hydrogens is 360 g/mol. The number of fused-ring (bicyclic) bond motifs is 2. The molecule has 0 spiro atoms. The minimum Gasteiger partial charge on any atom is -0.373 e. The lowest BCUT2D eigenvalue weighted by atomic mass is 10.1. The summed E-state index contributed by atoms with van der Waals surface area (Å²) in [6.45, 7) is 4.24. The molecule has 0 atom stereocenters. The van der Waals surface area contributed by atoms with Crippen LogP contribution in [0.1, 0.15) is 39.3 Å². The van der Waals surface area contributed by atoms with E-state index in [0.29, 0.717) is 18.8 Å². The lowest BCUT2D eigenvalue weighted by Crippen LogP contribution is -2.35. The molecule has 1 aliphatic heterocycles. The summed E-state index contributed by atoms with van der Waals surface area (Å²) in [5, 5.41) is 4.82. The van der Waals surface area contributed by atoms with Gasteiger partial charge in [0.05, 0.1) is 5.69 Å². The summed E-state index contributed by atoms with van der Waals surface area (Å²) in [6.07, 6.45) is 3.01. The molecule has 2 heterocycles. The molecule has 0 saturated heterocycles. The first-order chi connectivity index (χ1) is 14.1. The molecule has 5 nitrogen and oxygen atoms in total. The number of amides is 1. The van der Waals surface area contributed by atoms with Gasteiger partial charge >= 0.3 is 0 Å². The van der Waals surface area contributed by atoms with Gasteiger partial charge in [-0.05, 0) is 49.9 Å². The number of para-hydroxylation sites is 1. The predicted octanol–water partition coefficient (Wildman–Crippen LogP) is 3.76. The lowest BCUT2D eigenvalue weighted by Gasteiger charge is -2.20. The Kier molecular flexibility index (Phi) is 4.38. The molecule has 0 unspecified atom stereocenters. The van der Waals surface area contributed by atoms with Gasteiger partial charge in [-0.3, -0.25) is 4.79 Å². The van der Waals surface area contributed by atoms with Crippen LogP contribution in [0.2, 0.25) is 0 Å². The van der Waals surface area contributed by atoms with Gasteiger partial charge in [-0.15, -0.1) is 0 Å². The van der Waals surface area contributed by atoms with Gasteiger partial charge in [-0.25, -0.2) is 4.68 Å². The Morgan fingerprint density at radius 1 is 1.00 bits per heavy atom. The predicted molar refractivity (Wildman–Crippen MR) is 115 cm³/mol. The lowest BCUT2D eigenvalue weighted by molar-refractivity contribution is 0.0744. The number of hydrogen-bond donors (Lipinski definition) is 0. The summed E-state index contributed by atoms with van der Waals surface area (Å²) in [5.41, 5.74) is 7.63. The fourth-order valence-electron chi connectivity index (χ4n) is 4.52.